The Balaban J connectivity index is 1.78. The first kappa shape index (κ1) is 19.9. The van der Waals surface area contributed by atoms with Crippen LogP contribution in [0.1, 0.15) is 10.4 Å². The number of benzene rings is 3. The van der Waals surface area contributed by atoms with Gasteiger partial charge in [0.2, 0.25) is 0 Å². The van der Waals surface area contributed by atoms with Gasteiger partial charge in [0.05, 0.1) is 11.3 Å². The Morgan fingerprint density at radius 2 is 1.77 bits per heavy atom. The molecule has 0 aliphatic rings. The molecular formula is C22H14FN2O4S-. The number of quaternary nitrogens is 1. The van der Waals surface area contributed by atoms with Gasteiger partial charge in [-0.2, -0.15) is 0 Å². The number of rotatable bonds is 5. The van der Waals surface area contributed by atoms with Crippen molar-refractivity contribution in [3.8, 4) is 33.0 Å². The zero-order chi connectivity index (χ0) is 21.3. The zero-order valence-electron chi connectivity index (χ0n) is 15.3. The Morgan fingerprint density at radius 3 is 2.50 bits per heavy atom. The van der Waals surface area contributed by atoms with Crippen LogP contribution in [-0.2, 0) is 0 Å². The molecule has 6 nitrogen and oxygen atoms in total. The minimum absolute atomic E-state index is 0.0521. The molecule has 0 amide bonds. The lowest BCUT2D eigenvalue weighted by Gasteiger charge is -2.27. The topological polar surface area (TPSA) is 101 Å². The molecular weight excluding hydrogens is 407 g/mol. The summed E-state index contributed by atoms with van der Waals surface area (Å²) in [6, 6.07) is 16.8. The predicted octanol–water partition coefficient (Wildman–Crippen LogP) is 4.49. The first-order valence-corrected chi connectivity index (χ1v) is 9.72. The van der Waals surface area contributed by atoms with E-state index >= 15 is 0 Å². The summed E-state index contributed by atoms with van der Waals surface area (Å²) < 4.78 is 13.5. The van der Waals surface area contributed by atoms with E-state index in [0.717, 1.165) is 0 Å². The molecule has 4 aromatic rings. The molecule has 150 valence electrons. The molecule has 1 aromatic heterocycles. The van der Waals surface area contributed by atoms with Crippen molar-refractivity contribution < 1.29 is 19.5 Å². The number of carbonyl (C=O) groups is 1. The molecule has 0 aliphatic heterocycles. The van der Waals surface area contributed by atoms with E-state index in [9.17, 15) is 24.7 Å². The van der Waals surface area contributed by atoms with E-state index < -0.39 is 11.2 Å². The molecule has 0 unspecified atom stereocenters. The third kappa shape index (κ3) is 3.85. The number of nitrogens with one attached hydrogen (secondary N) is 1. The maximum atomic E-state index is 13.5. The minimum atomic E-state index is -1.38. The molecule has 2 N–H and O–H groups in total. The average molecular weight is 421 g/mol. The number of hydrogen-bond acceptors (Lipinski definition) is 5. The molecule has 0 atom stereocenters. The number of carboxylic acid groups (broad SMARTS) is 1. The first-order chi connectivity index (χ1) is 14.4. The Labute approximate surface area is 174 Å². The summed E-state index contributed by atoms with van der Waals surface area (Å²) in [4.78, 5) is 16.4. The van der Waals surface area contributed by atoms with Gasteiger partial charge in [-0.05, 0) is 24.3 Å². The quantitative estimate of drug-likeness (QED) is 0.462. The van der Waals surface area contributed by atoms with Gasteiger partial charge in [0, 0.05) is 33.7 Å². The van der Waals surface area contributed by atoms with Crippen molar-refractivity contribution in [3.63, 3.8) is 0 Å². The van der Waals surface area contributed by atoms with E-state index in [4.69, 9.17) is 0 Å². The fourth-order valence-corrected chi connectivity index (χ4v) is 4.00. The molecule has 4 rings (SSSR count). The highest BCUT2D eigenvalue weighted by Crippen LogP contribution is 2.34. The summed E-state index contributed by atoms with van der Waals surface area (Å²) in [6.45, 7) is 0. The summed E-state index contributed by atoms with van der Waals surface area (Å²) >= 11 is 1.30. The third-order valence-corrected chi connectivity index (χ3v) is 5.45. The molecule has 0 spiro atoms. The Kier molecular flexibility index (Phi) is 5.39. The molecule has 0 saturated carbocycles. The van der Waals surface area contributed by atoms with Crippen molar-refractivity contribution in [3.05, 3.63) is 93.9 Å². The van der Waals surface area contributed by atoms with E-state index in [1.54, 1.807) is 41.8 Å². The van der Waals surface area contributed by atoms with Gasteiger partial charge in [-0.25, -0.2) is 14.2 Å². The molecule has 1 heterocycles. The second-order valence-corrected chi connectivity index (χ2v) is 7.30. The van der Waals surface area contributed by atoms with E-state index in [-0.39, 0.29) is 28.2 Å². The van der Waals surface area contributed by atoms with Crippen LogP contribution in [0.15, 0.2) is 72.1 Å². The highest BCUT2D eigenvalue weighted by molar-refractivity contribution is 7.13. The Hall–Kier alpha value is -3.43. The average Bonchev–Trinajstić information content (AvgIpc) is 3.23. The van der Waals surface area contributed by atoms with Gasteiger partial charge in [0.25, 0.3) is 0 Å². The van der Waals surface area contributed by atoms with Crippen LogP contribution in [0, 0.1) is 16.2 Å². The molecule has 0 radical (unpaired) electrons. The molecule has 8 heteroatoms. The number of hydrogen-bond donors (Lipinski definition) is 2. The van der Waals surface area contributed by atoms with Crippen molar-refractivity contribution in [2.75, 3.05) is 0 Å². The number of nitrogens with zero attached hydrogens (tertiary/aromatic N) is 1. The lowest BCUT2D eigenvalue weighted by molar-refractivity contribution is -0.714. The zero-order valence-corrected chi connectivity index (χ0v) is 16.2. The standard InChI is InChI=1S/C22H14FN2O4S/c23-15-5-3-4-13(10-15)19-12-30-21(24-19)14-8-9-16(18(11-14)22(26)27)17-6-1-2-7-20(17)25(28)29/h1-12,25H,(H,26,27)/q-1. The molecule has 0 fully saturated rings. The fourth-order valence-electron chi connectivity index (χ4n) is 3.17. The van der Waals surface area contributed by atoms with Gasteiger partial charge in [-0.3, -0.25) is 0 Å². The summed E-state index contributed by atoms with van der Waals surface area (Å²) in [5, 5.41) is 33.5. The Morgan fingerprint density at radius 1 is 0.967 bits per heavy atom. The second-order valence-electron chi connectivity index (χ2n) is 6.45. The van der Waals surface area contributed by atoms with E-state index in [2.05, 4.69) is 4.98 Å². The van der Waals surface area contributed by atoms with Crippen LogP contribution in [0.3, 0.4) is 0 Å². The number of aromatic carboxylic acids is 1. The largest absolute Gasteiger partial charge is 0.628 e. The van der Waals surface area contributed by atoms with E-state index in [0.29, 0.717) is 21.8 Å². The van der Waals surface area contributed by atoms with Gasteiger partial charge in [-0.15, -0.1) is 11.3 Å². The number of halogens is 1. The molecule has 0 aliphatic carbocycles. The van der Waals surface area contributed by atoms with Crippen LogP contribution in [0.4, 0.5) is 10.1 Å². The van der Waals surface area contributed by atoms with Crippen molar-refractivity contribution in [1.82, 2.24) is 4.98 Å². The number of thiazole rings is 1. The summed E-state index contributed by atoms with van der Waals surface area (Å²) in [7, 11) is 0. The molecule has 3 aromatic carbocycles. The van der Waals surface area contributed by atoms with Crippen molar-refractivity contribution in [2.24, 2.45) is 0 Å². The summed E-state index contributed by atoms with van der Waals surface area (Å²) in [5.74, 6) is -1.56. The Bertz CT molecular complexity index is 1240. The van der Waals surface area contributed by atoms with Gasteiger partial charge in [0.15, 0.2) is 0 Å². The predicted molar refractivity (Wildman–Crippen MR) is 113 cm³/mol. The lowest BCUT2D eigenvalue weighted by Crippen LogP contribution is -2.96. The van der Waals surface area contributed by atoms with E-state index in [1.165, 1.54) is 41.7 Å². The normalized spacial score (nSPS) is 11.1. The van der Waals surface area contributed by atoms with Crippen LogP contribution in [-0.4, -0.2) is 16.1 Å². The van der Waals surface area contributed by atoms with Gasteiger partial charge in [0.1, 0.15) is 16.5 Å². The lowest BCUT2D eigenvalue weighted by atomic mass is 9.96. The van der Waals surface area contributed by atoms with Gasteiger partial charge in [-0.1, -0.05) is 36.4 Å². The summed E-state index contributed by atoms with van der Waals surface area (Å²) in [5.41, 5.74) is 2.16. The van der Waals surface area contributed by atoms with Crippen LogP contribution in [0.2, 0.25) is 0 Å². The highest BCUT2D eigenvalue weighted by atomic mass is 32.1. The highest BCUT2D eigenvalue weighted by Gasteiger charge is 2.18. The van der Waals surface area contributed by atoms with Crippen LogP contribution < -0.4 is 5.23 Å². The van der Waals surface area contributed by atoms with Gasteiger partial charge < -0.3 is 20.7 Å². The minimum Gasteiger partial charge on any atom is -0.628 e. The first-order valence-electron chi connectivity index (χ1n) is 8.84. The van der Waals surface area contributed by atoms with Crippen molar-refractivity contribution in [1.29, 1.82) is 0 Å². The number of aromatic nitrogens is 1. The van der Waals surface area contributed by atoms with E-state index in [1.807, 2.05) is 0 Å². The SMILES string of the molecule is O=C(O)c1cc(-c2nc(-c3cccc(F)c3)cs2)ccc1-c1ccccc1[NH+]([O-])[O-]. The number of carboxylic acids is 1. The third-order valence-electron chi connectivity index (χ3n) is 4.56. The van der Waals surface area contributed by atoms with Crippen molar-refractivity contribution in [2.45, 2.75) is 0 Å². The maximum Gasteiger partial charge on any atom is 0.336 e. The van der Waals surface area contributed by atoms with Crippen molar-refractivity contribution >= 4 is 23.0 Å². The molecule has 30 heavy (non-hydrogen) atoms. The molecule has 0 saturated heterocycles. The fraction of sp³-hybridized carbons (Fsp3) is 0. The monoisotopic (exact) mass is 421 g/mol. The van der Waals surface area contributed by atoms with Crippen LogP contribution in [0.25, 0.3) is 33.0 Å². The maximum absolute atomic E-state index is 13.5. The smallest absolute Gasteiger partial charge is 0.336 e. The second kappa shape index (κ2) is 8.13. The van der Waals surface area contributed by atoms with Gasteiger partial charge >= 0.3 is 5.97 Å². The van der Waals surface area contributed by atoms with Crippen LogP contribution in [0.5, 0.6) is 0 Å². The molecule has 0 bridgehead atoms. The van der Waals surface area contributed by atoms with Crippen LogP contribution >= 0.6 is 11.3 Å². The summed E-state index contributed by atoms with van der Waals surface area (Å²) in [6.07, 6.45) is 0.